The molecule has 0 fully saturated rings. The molecule has 0 bridgehead atoms. The minimum absolute atomic E-state index is 0.113. The highest BCUT2D eigenvalue weighted by molar-refractivity contribution is 7.98. The van der Waals surface area contributed by atoms with Crippen molar-refractivity contribution in [1.82, 2.24) is 19.9 Å². The van der Waals surface area contributed by atoms with E-state index in [1.54, 1.807) is 12.1 Å². The minimum atomic E-state index is -0.869. The van der Waals surface area contributed by atoms with E-state index in [-0.39, 0.29) is 24.6 Å². The normalized spacial score (nSPS) is 13.6. The highest BCUT2D eigenvalue weighted by Gasteiger charge is 2.41. The molecule has 0 saturated heterocycles. The van der Waals surface area contributed by atoms with Crippen molar-refractivity contribution >= 4 is 57.7 Å². The van der Waals surface area contributed by atoms with E-state index in [2.05, 4.69) is 15.0 Å². The molecule has 0 spiro atoms. The third kappa shape index (κ3) is 4.52. The van der Waals surface area contributed by atoms with Crippen LogP contribution in [-0.2, 0) is 22.5 Å². The third-order valence-corrected chi connectivity index (χ3v) is 7.55. The lowest BCUT2D eigenvalue weighted by Gasteiger charge is -2.25. The van der Waals surface area contributed by atoms with Gasteiger partial charge in [-0.3, -0.25) is 4.79 Å². The van der Waals surface area contributed by atoms with Crippen molar-refractivity contribution in [2.75, 3.05) is 20.5 Å². The molecule has 2 aromatic heterocycles. The molecule has 1 unspecified atom stereocenters. The number of aromatic amines is 1. The van der Waals surface area contributed by atoms with Crippen LogP contribution in [0.25, 0.3) is 22.2 Å². The fourth-order valence-corrected chi connectivity index (χ4v) is 5.48. The van der Waals surface area contributed by atoms with Gasteiger partial charge in [-0.15, -0.1) is 0 Å². The van der Waals surface area contributed by atoms with Gasteiger partial charge in [-0.05, 0) is 30.0 Å². The van der Waals surface area contributed by atoms with Crippen LogP contribution >= 0.6 is 35.0 Å². The number of methoxy groups -OCH3 is 2. The van der Waals surface area contributed by atoms with Crippen LogP contribution in [0.5, 0.6) is 5.75 Å². The Hall–Kier alpha value is -3.27. The summed E-state index contributed by atoms with van der Waals surface area (Å²) in [5, 5.41) is 2.09. The Morgan fingerprint density at radius 3 is 2.65 bits per heavy atom. The number of rotatable bonds is 7. The third-order valence-electron chi connectivity index (χ3n) is 6.40. The van der Waals surface area contributed by atoms with E-state index in [0.717, 1.165) is 16.5 Å². The van der Waals surface area contributed by atoms with Crippen LogP contribution in [0.4, 0.5) is 0 Å². The zero-order valence-corrected chi connectivity index (χ0v) is 22.5. The molecule has 5 rings (SSSR count). The Morgan fingerprint density at radius 2 is 1.92 bits per heavy atom. The molecule has 1 N–H and O–H groups in total. The van der Waals surface area contributed by atoms with Gasteiger partial charge < -0.3 is 19.4 Å². The smallest absolute Gasteiger partial charge is 0.328 e. The van der Waals surface area contributed by atoms with Crippen LogP contribution in [0.15, 0.2) is 47.8 Å². The number of benzene rings is 2. The number of carbonyl (C=O) groups is 2. The number of nitrogens with one attached hydrogen (secondary N) is 1. The summed E-state index contributed by atoms with van der Waals surface area (Å²) < 4.78 is 10.5. The number of amides is 1. The van der Waals surface area contributed by atoms with Gasteiger partial charge in [-0.2, -0.15) is 0 Å². The van der Waals surface area contributed by atoms with E-state index < -0.39 is 12.0 Å². The number of carbonyl (C=O) groups excluding carboxylic acids is 2. The number of fused-ring (bicyclic) bond motifs is 2. The van der Waals surface area contributed by atoms with Gasteiger partial charge in [0.25, 0.3) is 5.91 Å². The predicted octanol–water partition coefficient (Wildman–Crippen LogP) is 5.40. The molecular weight excluding hydrogens is 535 g/mol. The number of halogens is 2. The van der Waals surface area contributed by atoms with Gasteiger partial charge >= 0.3 is 5.97 Å². The lowest BCUT2D eigenvalue weighted by Crippen LogP contribution is -2.43. The Bertz CT molecular complexity index is 1540. The second-order valence-electron chi connectivity index (χ2n) is 8.39. The van der Waals surface area contributed by atoms with Gasteiger partial charge in [0.2, 0.25) is 0 Å². The van der Waals surface area contributed by atoms with Crippen molar-refractivity contribution in [1.29, 1.82) is 0 Å². The van der Waals surface area contributed by atoms with Gasteiger partial charge in [0, 0.05) is 34.6 Å². The number of ether oxygens (including phenoxy) is 2. The number of hydrogen-bond donors (Lipinski definition) is 1. The molecular formula is C26H22Cl2N4O4S. The summed E-state index contributed by atoms with van der Waals surface area (Å²) in [4.78, 5) is 40.6. The van der Waals surface area contributed by atoms with Crippen molar-refractivity contribution in [3.8, 4) is 17.0 Å². The van der Waals surface area contributed by atoms with E-state index in [4.69, 9.17) is 32.7 Å². The molecule has 190 valence electrons. The van der Waals surface area contributed by atoms with Crippen molar-refractivity contribution in [2.24, 2.45) is 0 Å². The summed E-state index contributed by atoms with van der Waals surface area (Å²) in [6.45, 7) is 0.113. The van der Waals surface area contributed by atoms with Gasteiger partial charge in [-0.1, -0.05) is 53.2 Å². The molecule has 1 aliphatic rings. The van der Waals surface area contributed by atoms with Crippen LogP contribution in [0, 0.1) is 0 Å². The van der Waals surface area contributed by atoms with Gasteiger partial charge in [0.1, 0.15) is 17.5 Å². The average Bonchev–Trinajstić information content (AvgIpc) is 3.47. The maximum absolute atomic E-state index is 13.7. The van der Waals surface area contributed by atoms with Crippen LogP contribution in [0.3, 0.4) is 0 Å². The summed E-state index contributed by atoms with van der Waals surface area (Å²) in [5.74, 6) is -0.467. The summed E-state index contributed by atoms with van der Waals surface area (Å²) in [6.07, 6.45) is 3.94. The summed E-state index contributed by atoms with van der Waals surface area (Å²) in [6, 6.07) is 10.2. The Labute approximate surface area is 227 Å². The molecule has 11 heteroatoms. The van der Waals surface area contributed by atoms with Crippen LogP contribution in [0.1, 0.15) is 21.6 Å². The summed E-state index contributed by atoms with van der Waals surface area (Å²) in [5.41, 5.74) is 3.69. The monoisotopic (exact) mass is 556 g/mol. The zero-order valence-electron chi connectivity index (χ0n) is 20.2. The fraction of sp³-hybridized carbons (Fsp3) is 0.231. The number of aromatic nitrogens is 3. The van der Waals surface area contributed by atoms with E-state index in [0.29, 0.717) is 37.8 Å². The highest BCUT2D eigenvalue weighted by atomic mass is 35.5. The maximum atomic E-state index is 13.7. The van der Waals surface area contributed by atoms with E-state index in [1.165, 1.54) is 30.9 Å². The molecule has 2 aromatic carbocycles. The second-order valence-corrected chi connectivity index (χ2v) is 9.98. The molecule has 1 amide bonds. The standard InChI is InChI=1S/C26H22Cl2N4O4S/c1-35-21-9-15(17(27)10-18(21)28)22-16-12-32(24(33)23(16)31-26(30-22)37-3)20(25(34)36-2)8-13-11-29-19-7-5-4-6-14(13)19/h4-7,9-11,20,29H,8,12H2,1-3H3. The van der Waals surface area contributed by atoms with Crippen LogP contribution in [0.2, 0.25) is 10.0 Å². The average molecular weight is 557 g/mol. The minimum Gasteiger partial charge on any atom is -0.495 e. The van der Waals surface area contributed by atoms with Crippen molar-refractivity contribution < 1.29 is 19.1 Å². The first-order valence-electron chi connectivity index (χ1n) is 11.3. The van der Waals surface area contributed by atoms with E-state index in [1.807, 2.05) is 36.7 Å². The zero-order chi connectivity index (χ0) is 26.3. The van der Waals surface area contributed by atoms with Crippen molar-refractivity contribution in [3.05, 3.63) is 69.5 Å². The number of esters is 1. The summed E-state index contributed by atoms with van der Waals surface area (Å²) >= 11 is 14.1. The van der Waals surface area contributed by atoms with Crippen LogP contribution < -0.4 is 4.74 Å². The van der Waals surface area contributed by atoms with Crippen LogP contribution in [-0.4, -0.2) is 58.2 Å². The first-order valence-corrected chi connectivity index (χ1v) is 13.3. The quantitative estimate of drug-likeness (QED) is 0.185. The molecule has 3 heterocycles. The van der Waals surface area contributed by atoms with Gasteiger partial charge in [-0.25, -0.2) is 14.8 Å². The van der Waals surface area contributed by atoms with E-state index in [9.17, 15) is 9.59 Å². The molecule has 1 atom stereocenters. The number of nitrogens with zero attached hydrogens (tertiary/aromatic N) is 3. The molecule has 0 saturated carbocycles. The lowest BCUT2D eigenvalue weighted by molar-refractivity contribution is -0.146. The van der Waals surface area contributed by atoms with Gasteiger partial charge in [0.05, 0.1) is 36.5 Å². The second kappa shape index (κ2) is 10.2. The SMILES string of the molecule is COC(=O)C(Cc1c[nH]c2ccccc12)N1Cc2c(nc(SC)nc2-c2cc(OC)c(Cl)cc2Cl)C1=O. The molecule has 1 aliphatic heterocycles. The van der Waals surface area contributed by atoms with Crippen molar-refractivity contribution in [2.45, 2.75) is 24.2 Å². The maximum Gasteiger partial charge on any atom is 0.328 e. The Balaban J connectivity index is 1.59. The number of H-pyrrole nitrogens is 1. The first kappa shape index (κ1) is 25.4. The number of hydrogen-bond acceptors (Lipinski definition) is 7. The molecule has 37 heavy (non-hydrogen) atoms. The summed E-state index contributed by atoms with van der Waals surface area (Å²) in [7, 11) is 2.82. The van der Waals surface area contributed by atoms with Crippen molar-refractivity contribution in [3.63, 3.8) is 0 Å². The molecule has 4 aromatic rings. The van der Waals surface area contributed by atoms with Gasteiger partial charge in [0.15, 0.2) is 5.16 Å². The Morgan fingerprint density at radius 1 is 1.16 bits per heavy atom. The first-order chi connectivity index (χ1) is 17.9. The Kier molecular flexibility index (Phi) is 7.02. The predicted molar refractivity (Wildman–Crippen MR) is 144 cm³/mol. The largest absolute Gasteiger partial charge is 0.495 e. The highest BCUT2D eigenvalue weighted by Crippen LogP contribution is 2.40. The number of thioether (sulfide) groups is 1. The number of para-hydroxylation sites is 1. The molecule has 0 radical (unpaired) electrons. The fourth-order valence-electron chi connectivity index (χ4n) is 4.57. The molecule has 8 nitrogen and oxygen atoms in total. The molecule has 0 aliphatic carbocycles. The lowest BCUT2D eigenvalue weighted by atomic mass is 10.0. The topological polar surface area (TPSA) is 97.4 Å². The van der Waals surface area contributed by atoms with E-state index >= 15 is 0 Å².